The summed E-state index contributed by atoms with van der Waals surface area (Å²) in [6.07, 6.45) is 5.60. The first kappa shape index (κ1) is 15.6. The third kappa shape index (κ3) is 2.93. The van der Waals surface area contributed by atoms with Crippen LogP contribution in [0.1, 0.15) is 31.7 Å². The summed E-state index contributed by atoms with van der Waals surface area (Å²) in [5, 5.41) is 12.8. The zero-order valence-electron chi connectivity index (χ0n) is 13.4. The van der Waals surface area contributed by atoms with Gasteiger partial charge in [-0.25, -0.2) is 9.78 Å². The van der Waals surface area contributed by atoms with E-state index < -0.39 is 6.10 Å². The van der Waals surface area contributed by atoms with E-state index in [4.69, 9.17) is 0 Å². The molecule has 3 aromatic rings. The van der Waals surface area contributed by atoms with Crippen LogP contribution >= 0.6 is 0 Å². The molecule has 1 aliphatic carbocycles. The molecular weight excluding hydrogens is 324 g/mol. The van der Waals surface area contributed by atoms with Crippen molar-refractivity contribution in [3.8, 4) is 0 Å². The van der Waals surface area contributed by atoms with Gasteiger partial charge in [-0.1, -0.05) is 0 Å². The predicted molar refractivity (Wildman–Crippen MR) is 92.0 cm³/mol. The number of hydrogen-bond acceptors (Lipinski definition) is 6. The highest BCUT2D eigenvalue weighted by atomic mass is 16.3. The Bertz CT molecular complexity index is 1020. The molecule has 1 aliphatic rings. The summed E-state index contributed by atoms with van der Waals surface area (Å²) in [6.45, 7) is 0. The standard InChI is InChI=1S/C16H18N6O3/c23-10-4-1-3-9(7-10)22-13-12(20-16(22)25)8-18-15(21-13)19-11-5-2-6-17-14(11)24/h2,5-6,8-10,23H,1,3-4,7H2,(H,17,24)(H,20,25)(H,18,19,21)/t9-,10-/m1/s1. The summed E-state index contributed by atoms with van der Waals surface area (Å²) < 4.78 is 1.58. The van der Waals surface area contributed by atoms with Gasteiger partial charge in [-0.3, -0.25) is 9.36 Å². The minimum atomic E-state index is -0.405. The van der Waals surface area contributed by atoms with Crippen LogP contribution in [0.5, 0.6) is 0 Å². The van der Waals surface area contributed by atoms with Crippen molar-refractivity contribution >= 4 is 22.8 Å². The molecule has 9 heteroatoms. The Morgan fingerprint density at radius 3 is 3.00 bits per heavy atom. The highest BCUT2D eigenvalue weighted by Crippen LogP contribution is 2.29. The monoisotopic (exact) mass is 342 g/mol. The van der Waals surface area contributed by atoms with Crippen molar-refractivity contribution in [2.45, 2.75) is 37.8 Å². The number of aliphatic hydroxyl groups excluding tert-OH is 1. The van der Waals surface area contributed by atoms with Crippen molar-refractivity contribution < 1.29 is 5.11 Å². The van der Waals surface area contributed by atoms with Crippen LogP contribution in [0.25, 0.3) is 11.2 Å². The van der Waals surface area contributed by atoms with E-state index in [2.05, 4.69) is 25.3 Å². The second kappa shape index (κ2) is 6.17. The van der Waals surface area contributed by atoms with Gasteiger partial charge in [0.05, 0.1) is 12.3 Å². The number of imidazole rings is 1. The molecule has 0 aromatic carbocycles. The van der Waals surface area contributed by atoms with Crippen LogP contribution in [-0.4, -0.2) is 35.7 Å². The van der Waals surface area contributed by atoms with E-state index >= 15 is 0 Å². The van der Waals surface area contributed by atoms with E-state index in [0.717, 1.165) is 19.3 Å². The maximum Gasteiger partial charge on any atom is 0.327 e. The predicted octanol–water partition coefficient (Wildman–Crippen LogP) is 1.03. The summed E-state index contributed by atoms with van der Waals surface area (Å²) in [7, 11) is 0. The Kier molecular flexibility index (Phi) is 3.85. The Balaban J connectivity index is 1.74. The SMILES string of the molecule is O=c1[nH]cccc1Nc1ncc2[nH]c(=O)n([C@@H]3CCC[C@@H](O)C3)c2n1. The Morgan fingerprint density at radius 1 is 1.32 bits per heavy atom. The molecule has 130 valence electrons. The molecule has 0 radical (unpaired) electrons. The summed E-state index contributed by atoms with van der Waals surface area (Å²) in [5.41, 5.74) is 0.761. The first-order valence-corrected chi connectivity index (χ1v) is 8.22. The normalized spacial score (nSPS) is 20.7. The van der Waals surface area contributed by atoms with Gasteiger partial charge in [0.1, 0.15) is 11.2 Å². The highest BCUT2D eigenvalue weighted by Gasteiger charge is 2.25. The lowest BCUT2D eigenvalue weighted by Crippen LogP contribution is -2.29. The number of aromatic nitrogens is 5. The lowest BCUT2D eigenvalue weighted by Gasteiger charge is -2.26. The minimum Gasteiger partial charge on any atom is -0.393 e. The van der Waals surface area contributed by atoms with E-state index in [1.165, 1.54) is 12.4 Å². The number of hydrogen-bond donors (Lipinski definition) is 4. The van der Waals surface area contributed by atoms with E-state index in [9.17, 15) is 14.7 Å². The van der Waals surface area contributed by atoms with E-state index in [1.807, 2.05) is 0 Å². The number of nitrogens with zero attached hydrogens (tertiary/aromatic N) is 3. The van der Waals surface area contributed by atoms with Gasteiger partial charge in [-0.15, -0.1) is 0 Å². The number of aliphatic hydroxyl groups is 1. The number of anilines is 2. The Labute approximate surface area is 141 Å². The van der Waals surface area contributed by atoms with E-state index in [1.54, 1.807) is 16.7 Å². The molecule has 9 nitrogen and oxygen atoms in total. The largest absolute Gasteiger partial charge is 0.393 e. The van der Waals surface area contributed by atoms with Crippen molar-refractivity contribution in [2.24, 2.45) is 0 Å². The van der Waals surface area contributed by atoms with Gasteiger partial charge in [-0.05, 0) is 37.8 Å². The number of fused-ring (bicyclic) bond motifs is 1. The average Bonchev–Trinajstić information content (AvgIpc) is 2.92. The van der Waals surface area contributed by atoms with Crippen LogP contribution in [0, 0.1) is 0 Å². The van der Waals surface area contributed by atoms with Crippen LogP contribution in [0.3, 0.4) is 0 Å². The first-order valence-electron chi connectivity index (χ1n) is 8.22. The molecule has 25 heavy (non-hydrogen) atoms. The lowest BCUT2D eigenvalue weighted by atomic mass is 9.93. The third-order valence-corrected chi connectivity index (χ3v) is 4.51. The van der Waals surface area contributed by atoms with Gasteiger partial charge in [0.15, 0.2) is 5.65 Å². The van der Waals surface area contributed by atoms with Crippen molar-refractivity contribution in [2.75, 3.05) is 5.32 Å². The zero-order valence-corrected chi connectivity index (χ0v) is 13.4. The first-order chi connectivity index (χ1) is 12.1. The third-order valence-electron chi connectivity index (χ3n) is 4.51. The fourth-order valence-corrected chi connectivity index (χ4v) is 3.33. The summed E-state index contributed by atoms with van der Waals surface area (Å²) in [5.74, 6) is 0.230. The molecule has 1 saturated carbocycles. The number of H-pyrrole nitrogens is 2. The molecule has 0 unspecified atom stereocenters. The van der Waals surface area contributed by atoms with Crippen molar-refractivity contribution in [3.05, 3.63) is 45.4 Å². The summed E-state index contributed by atoms with van der Waals surface area (Å²) in [4.78, 5) is 38.0. The number of pyridine rings is 1. The number of aromatic amines is 2. The van der Waals surface area contributed by atoms with Gasteiger partial charge in [0.25, 0.3) is 5.56 Å². The molecule has 0 bridgehead atoms. The fourth-order valence-electron chi connectivity index (χ4n) is 3.33. The van der Waals surface area contributed by atoms with Crippen LogP contribution in [0.15, 0.2) is 34.1 Å². The molecule has 4 rings (SSSR count). The topological polar surface area (TPSA) is 129 Å². The molecule has 0 aliphatic heterocycles. The number of nitrogens with one attached hydrogen (secondary N) is 3. The smallest absolute Gasteiger partial charge is 0.327 e. The second-order valence-electron chi connectivity index (χ2n) is 6.24. The molecule has 4 N–H and O–H groups in total. The van der Waals surface area contributed by atoms with Crippen molar-refractivity contribution in [3.63, 3.8) is 0 Å². The van der Waals surface area contributed by atoms with Crippen molar-refractivity contribution in [1.82, 2.24) is 24.5 Å². The van der Waals surface area contributed by atoms with Gasteiger partial charge < -0.3 is 20.4 Å². The Morgan fingerprint density at radius 2 is 2.20 bits per heavy atom. The van der Waals surface area contributed by atoms with E-state index in [0.29, 0.717) is 23.3 Å². The van der Waals surface area contributed by atoms with Crippen LogP contribution in [-0.2, 0) is 0 Å². The summed E-state index contributed by atoms with van der Waals surface area (Å²) in [6, 6.07) is 3.21. The summed E-state index contributed by atoms with van der Waals surface area (Å²) >= 11 is 0. The van der Waals surface area contributed by atoms with Crippen LogP contribution in [0.4, 0.5) is 11.6 Å². The van der Waals surface area contributed by atoms with Crippen LogP contribution < -0.4 is 16.6 Å². The zero-order chi connectivity index (χ0) is 17.4. The molecule has 0 saturated heterocycles. The maximum absolute atomic E-state index is 12.4. The second-order valence-corrected chi connectivity index (χ2v) is 6.24. The molecule has 1 fully saturated rings. The minimum absolute atomic E-state index is 0.104. The molecule has 3 heterocycles. The molecule has 0 spiro atoms. The quantitative estimate of drug-likeness (QED) is 0.563. The van der Waals surface area contributed by atoms with Gasteiger partial charge in [0, 0.05) is 12.2 Å². The molecular formula is C16H18N6O3. The maximum atomic E-state index is 12.4. The van der Waals surface area contributed by atoms with Crippen LogP contribution in [0.2, 0.25) is 0 Å². The Hall–Kier alpha value is -2.94. The molecule has 2 atom stereocenters. The average molecular weight is 342 g/mol. The fraction of sp³-hybridized carbons (Fsp3) is 0.375. The molecule has 3 aromatic heterocycles. The van der Waals surface area contributed by atoms with Gasteiger partial charge in [0.2, 0.25) is 5.95 Å². The van der Waals surface area contributed by atoms with Gasteiger partial charge in [-0.2, -0.15) is 4.98 Å². The molecule has 0 amide bonds. The van der Waals surface area contributed by atoms with E-state index in [-0.39, 0.29) is 23.2 Å². The van der Waals surface area contributed by atoms with Gasteiger partial charge >= 0.3 is 5.69 Å². The number of rotatable bonds is 3. The lowest BCUT2D eigenvalue weighted by molar-refractivity contribution is 0.104. The van der Waals surface area contributed by atoms with Crippen molar-refractivity contribution in [1.29, 1.82) is 0 Å². The highest BCUT2D eigenvalue weighted by molar-refractivity contribution is 5.71.